The fourth-order valence-corrected chi connectivity index (χ4v) is 3.27. The van der Waals surface area contributed by atoms with Crippen molar-refractivity contribution in [3.05, 3.63) is 55.9 Å². The molecule has 2 atom stereocenters. The van der Waals surface area contributed by atoms with Crippen molar-refractivity contribution in [1.29, 1.82) is 0 Å². The van der Waals surface area contributed by atoms with E-state index in [9.17, 15) is 18.0 Å². The zero-order valence-corrected chi connectivity index (χ0v) is 17.2. The standard InChI is InChI=1S/C18H15ClF3IN2O3/c19-12-5-11(18(27)25-28-7-9-3-8(9)6-26)17(16(22)15(12)21)24-14-2-1-10(23)4-13(14)20/h1-2,4-5,8-9,24,26H,3,6-7H2,(H,25,27)/t8?,9-/m1/s1. The molecule has 10 heteroatoms. The first kappa shape index (κ1) is 21.2. The van der Waals surface area contributed by atoms with E-state index in [4.69, 9.17) is 21.5 Å². The minimum Gasteiger partial charge on any atom is -0.396 e. The summed E-state index contributed by atoms with van der Waals surface area (Å²) < 4.78 is 43.1. The van der Waals surface area contributed by atoms with Crippen molar-refractivity contribution in [3.63, 3.8) is 0 Å². The van der Waals surface area contributed by atoms with E-state index in [1.54, 1.807) is 6.07 Å². The lowest BCUT2D eigenvalue weighted by Crippen LogP contribution is -2.26. The van der Waals surface area contributed by atoms with E-state index >= 15 is 0 Å². The predicted molar refractivity (Wildman–Crippen MR) is 106 cm³/mol. The van der Waals surface area contributed by atoms with Crippen LogP contribution in [-0.4, -0.2) is 24.2 Å². The van der Waals surface area contributed by atoms with Crippen LogP contribution in [0.2, 0.25) is 5.02 Å². The summed E-state index contributed by atoms with van der Waals surface area (Å²) in [5, 5.41) is 10.8. The van der Waals surface area contributed by atoms with Crippen LogP contribution in [0.1, 0.15) is 16.8 Å². The van der Waals surface area contributed by atoms with Gasteiger partial charge in [0.05, 0.1) is 28.6 Å². The molecule has 2 aromatic rings. The largest absolute Gasteiger partial charge is 0.396 e. The monoisotopic (exact) mass is 526 g/mol. The number of rotatable bonds is 7. The van der Waals surface area contributed by atoms with E-state index in [-0.39, 0.29) is 36.3 Å². The maximum atomic E-state index is 14.4. The Morgan fingerprint density at radius 1 is 1.25 bits per heavy atom. The smallest absolute Gasteiger partial charge is 0.277 e. The second kappa shape index (κ2) is 8.85. The van der Waals surface area contributed by atoms with Crippen LogP contribution in [0.5, 0.6) is 0 Å². The summed E-state index contributed by atoms with van der Waals surface area (Å²) in [6.07, 6.45) is 0.780. The molecule has 1 aliphatic rings. The van der Waals surface area contributed by atoms with Gasteiger partial charge >= 0.3 is 0 Å². The summed E-state index contributed by atoms with van der Waals surface area (Å²) in [7, 11) is 0. The summed E-state index contributed by atoms with van der Waals surface area (Å²) >= 11 is 7.56. The van der Waals surface area contributed by atoms with Gasteiger partial charge in [-0.2, -0.15) is 0 Å². The molecule has 3 N–H and O–H groups in total. The van der Waals surface area contributed by atoms with Crippen LogP contribution < -0.4 is 10.8 Å². The molecule has 0 aliphatic heterocycles. The predicted octanol–water partition coefficient (Wildman–Crippen LogP) is 4.40. The van der Waals surface area contributed by atoms with Gasteiger partial charge in [-0.1, -0.05) is 11.6 Å². The lowest BCUT2D eigenvalue weighted by Gasteiger charge is -2.15. The highest BCUT2D eigenvalue weighted by Crippen LogP contribution is 2.37. The Morgan fingerprint density at radius 2 is 2.00 bits per heavy atom. The van der Waals surface area contributed by atoms with E-state index < -0.39 is 34.1 Å². The summed E-state index contributed by atoms with van der Waals surface area (Å²) in [5.41, 5.74) is 1.08. The summed E-state index contributed by atoms with van der Waals surface area (Å²) in [4.78, 5) is 17.5. The fourth-order valence-electron chi connectivity index (χ4n) is 2.63. The highest BCUT2D eigenvalue weighted by molar-refractivity contribution is 14.1. The van der Waals surface area contributed by atoms with Crippen LogP contribution in [0.3, 0.4) is 0 Å². The van der Waals surface area contributed by atoms with Crippen molar-refractivity contribution in [2.45, 2.75) is 6.42 Å². The van der Waals surface area contributed by atoms with Crippen molar-refractivity contribution < 1.29 is 27.9 Å². The Hall–Kier alpha value is -1.56. The maximum Gasteiger partial charge on any atom is 0.277 e. The molecule has 0 spiro atoms. The third-order valence-corrected chi connectivity index (χ3v) is 5.31. The van der Waals surface area contributed by atoms with Crippen LogP contribution >= 0.6 is 34.2 Å². The van der Waals surface area contributed by atoms with E-state index in [2.05, 4.69) is 10.8 Å². The Balaban J connectivity index is 1.82. The molecule has 5 nitrogen and oxygen atoms in total. The van der Waals surface area contributed by atoms with Gasteiger partial charge in [0.1, 0.15) is 5.82 Å². The average molecular weight is 527 g/mol. The van der Waals surface area contributed by atoms with E-state index in [0.717, 1.165) is 12.5 Å². The molecular formula is C18H15ClF3IN2O3. The fraction of sp³-hybridized carbons (Fsp3) is 0.278. The van der Waals surface area contributed by atoms with Crippen molar-refractivity contribution in [2.24, 2.45) is 11.8 Å². The first-order valence-electron chi connectivity index (χ1n) is 8.24. The number of hydrogen-bond acceptors (Lipinski definition) is 4. The molecule has 28 heavy (non-hydrogen) atoms. The van der Waals surface area contributed by atoms with Gasteiger partial charge in [0, 0.05) is 10.2 Å². The average Bonchev–Trinajstić information content (AvgIpc) is 3.42. The van der Waals surface area contributed by atoms with Gasteiger partial charge in [-0.3, -0.25) is 9.63 Å². The number of halogens is 5. The van der Waals surface area contributed by atoms with Gasteiger partial charge in [-0.15, -0.1) is 0 Å². The molecule has 2 aromatic carbocycles. The minimum absolute atomic E-state index is 0.0381. The van der Waals surface area contributed by atoms with Crippen molar-refractivity contribution in [3.8, 4) is 0 Å². The van der Waals surface area contributed by atoms with Gasteiger partial charge < -0.3 is 10.4 Å². The summed E-state index contributed by atoms with van der Waals surface area (Å²) in [6.45, 7) is 0.208. The van der Waals surface area contributed by atoms with Crippen molar-refractivity contribution >= 4 is 51.5 Å². The van der Waals surface area contributed by atoms with E-state index in [1.165, 1.54) is 12.1 Å². The molecule has 0 heterocycles. The number of carbonyl (C=O) groups excluding carboxylic acids is 1. The number of aliphatic hydroxyl groups excluding tert-OH is 1. The van der Waals surface area contributed by atoms with E-state index in [0.29, 0.717) is 3.57 Å². The normalized spacial score (nSPS) is 18.1. The summed E-state index contributed by atoms with van der Waals surface area (Å²) in [5.74, 6) is -4.11. The number of aliphatic hydroxyl groups is 1. The number of benzene rings is 2. The number of amides is 1. The number of anilines is 2. The molecule has 1 amide bonds. The SMILES string of the molecule is O=C(NOC[C@H]1CC1CO)c1cc(Cl)c(F)c(F)c1Nc1ccc(I)cc1F. The molecule has 1 unspecified atom stereocenters. The number of nitrogens with one attached hydrogen (secondary N) is 2. The minimum atomic E-state index is -1.42. The Morgan fingerprint density at radius 3 is 2.64 bits per heavy atom. The summed E-state index contributed by atoms with van der Waals surface area (Å²) in [6, 6.07) is 5.03. The van der Waals surface area contributed by atoms with Gasteiger partial charge in [0.2, 0.25) is 0 Å². The number of carbonyl (C=O) groups is 1. The molecule has 0 saturated heterocycles. The van der Waals surface area contributed by atoms with Gasteiger partial charge in [0.15, 0.2) is 11.6 Å². The van der Waals surface area contributed by atoms with Crippen LogP contribution in [0, 0.1) is 32.9 Å². The third-order valence-electron chi connectivity index (χ3n) is 4.36. The van der Waals surface area contributed by atoms with Crippen molar-refractivity contribution in [1.82, 2.24) is 5.48 Å². The second-order valence-corrected chi connectivity index (χ2v) is 7.99. The van der Waals surface area contributed by atoms with Crippen molar-refractivity contribution in [2.75, 3.05) is 18.5 Å². The maximum absolute atomic E-state index is 14.4. The Labute approximate surface area is 177 Å². The quantitative estimate of drug-likeness (QED) is 0.284. The van der Waals surface area contributed by atoms with Gasteiger partial charge in [-0.05, 0) is 65.1 Å². The van der Waals surface area contributed by atoms with E-state index in [1.807, 2.05) is 22.6 Å². The van der Waals surface area contributed by atoms with Gasteiger partial charge in [0.25, 0.3) is 5.91 Å². The third kappa shape index (κ3) is 4.70. The van der Waals surface area contributed by atoms with Crippen LogP contribution in [-0.2, 0) is 4.84 Å². The number of hydrogen-bond donors (Lipinski definition) is 3. The number of hydroxylamine groups is 1. The first-order chi connectivity index (χ1) is 13.3. The molecule has 3 rings (SSSR count). The molecule has 1 saturated carbocycles. The second-order valence-electron chi connectivity index (χ2n) is 6.34. The topological polar surface area (TPSA) is 70.6 Å². The van der Waals surface area contributed by atoms with Gasteiger partial charge in [-0.25, -0.2) is 18.7 Å². The molecule has 1 aliphatic carbocycles. The Kier molecular flexibility index (Phi) is 6.69. The zero-order valence-electron chi connectivity index (χ0n) is 14.2. The van der Waals surface area contributed by atoms with Crippen LogP contribution in [0.4, 0.5) is 24.5 Å². The molecule has 150 valence electrons. The highest BCUT2D eigenvalue weighted by Gasteiger charge is 2.36. The molecule has 1 fully saturated rings. The van der Waals surface area contributed by atoms with Crippen LogP contribution in [0.15, 0.2) is 24.3 Å². The molecule has 0 radical (unpaired) electrons. The molecule has 0 bridgehead atoms. The lowest BCUT2D eigenvalue weighted by atomic mass is 10.1. The zero-order chi connectivity index (χ0) is 20.4. The lowest BCUT2D eigenvalue weighted by molar-refractivity contribution is 0.0248. The first-order valence-corrected chi connectivity index (χ1v) is 9.70. The highest BCUT2D eigenvalue weighted by atomic mass is 127. The molecular weight excluding hydrogens is 512 g/mol. The Bertz CT molecular complexity index is 916. The molecule has 0 aromatic heterocycles. The van der Waals surface area contributed by atoms with Crippen LogP contribution in [0.25, 0.3) is 0 Å².